The number of aromatic hydroxyl groups is 1. The van der Waals surface area contributed by atoms with Gasteiger partial charge in [-0.3, -0.25) is 0 Å². The van der Waals surface area contributed by atoms with Crippen molar-refractivity contribution in [3.63, 3.8) is 0 Å². The summed E-state index contributed by atoms with van der Waals surface area (Å²) >= 11 is 0. The van der Waals surface area contributed by atoms with E-state index in [2.05, 4.69) is 15.2 Å². The van der Waals surface area contributed by atoms with Crippen molar-refractivity contribution in [3.05, 3.63) is 30.0 Å². The standard InChI is InChI=1S/C14H19N3O/c1-10-9-12(15-7-8-17(2)3)11-5-4-6-13(18)14(11)16-10/h4-6,9,18H,7-8H2,1-3H3,(H,15,16). The Morgan fingerprint density at radius 2 is 2.11 bits per heavy atom. The maximum absolute atomic E-state index is 9.84. The van der Waals surface area contributed by atoms with E-state index in [1.807, 2.05) is 39.2 Å². The van der Waals surface area contributed by atoms with Gasteiger partial charge in [-0.15, -0.1) is 0 Å². The monoisotopic (exact) mass is 245 g/mol. The summed E-state index contributed by atoms with van der Waals surface area (Å²) in [7, 11) is 4.09. The molecule has 2 aromatic rings. The van der Waals surface area contributed by atoms with Crippen LogP contribution in [0.2, 0.25) is 0 Å². The number of pyridine rings is 1. The van der Waals surface area contributed by atoms with Gasteiger partial charge in [-0.05, 0) is 33.2 Å². The molecule has 1 aromatic carbocycles. The lowest BCUT2D eigenvalue weighted by atomic mass is 10.1. The molecule has 0 aliphatic heterocycles. The highest BCUT2D eigenvalue weighted by Gasteiger charge is 2.06. The lowest BCUT2D eigenvalue weighted by molar-refractivity contribution is 0.425. The summed E-state index contributed by atoms with van der Waals surface area (Å²) in [6.45, 7) is 3.76. The van der Waals surface area contributed by atoms with Gasteiger partial charge in [0.25, 0.3) is 0 Å². The summed E-state index contributed by atoms with van der Waals surface area (Å²) in [5.41, 5.74) is 2.58. The number of para-hydroxylation sites is 1. The second kappa shape index (κ2) is 5.23. The lowest BCUT2D eigenvalue weighted by Crippen LogP contribution is -2.20. The lowest BCUT2D eigenvalue weighted by Gasteiger charge is -2.14. The first-order chi connectivity index (χ1) is 8.58. The van der Waals surface area contributed by atoms with Crippen molar-refractivity contribution in [2.24, 2.45) is 0 Å². The van der Waals surface area contributed by atoms with Crippen molar-refractivity contribution in [1.82, 2.24) is 9.88 Å². The zero-order chi connectivity index (χ0) is 13.1. The number of hydrogen-bond acceptors (Lipinski definition) is 4. The molecule has 0 saturated carbocycles. The molecule has 0 amide bonds. The van der Waals surface area contributed by atoms with E-state index in [1.54, 1.807) is 6.07 Å². The molecule has 4 nitrogen and oxygen atoms in total. The van der Waals surface area contributed by atoms with Crippen LogP contribution in [-0.2, 0) is 0 Å². The topological polar surface area (TPSA) is 48.4 Å². The quantitative estimate of drug-likeness (QED) is 0.867. The summed E-state index contributed by atoms with van der Waals surface area (Å²) in [4.78, 5) is 6.50. The Morgan fingerprint density at radius 1 is 1.33 bits per heavy atom. The minimum absolute atomic E-state index is 0.229. The number of nitrogens with one attached hydrogen (secondary N) is 1. The van der Waals surface area contributed by atoms with Gasteiger partial charge in [-0.25, -0.2) is 4.98 Å². The largest absolute Gasteiger partial charge is 0.506 e. The normalized spacial score (nSPS) is 11.1. The number of aromatic nitrogens is 1. The van der Waals surface area contributed by atoms with E-state index in [0.29, 0.717) is 5.52 Å². The summed E-state index contributed by atoms with van der Waals surface area (Å²) in [5.74, 6) is 0.229. The molecule has 1 heterocycles. The average molecular weight is 245 g/mol. The fourth-order valence-electron chi connectivity index (χ4n) is 1.92. The number of benzene rings is 1. The Hall–Kier alpha value is -1.81. The Labute approximate surface area is 107 Å². The van der Waals surface area contributed by atoms with Gasteiger partial charge in [0.2, 0.25) is 0 Å². The fourth-order valence-corrected chi connectivity index (χ4v) is 1.92. The van der Waals surface area contributed by atoms with Crippen LogP contribution in [-0.4, -0.2) is 42.2 Å². The zero-order valence-electron chi connectivity index (χ0n) is 11.1. The molecule has 0 radical (unpaired) electrons. The number of aryl methyl sites for hydroxylation is 1. The van der Waals surface area contributed by atoms with Crippen molar-refractivity contribution in [2.75, 3.05) is 32.5 Å². The van der Waals surface area contributed by atoms with Gasteiger partial charge >= 0.3 is 0 Å². The number of hydrogen-bond donors (Lipinski definition) is 2. The SMILES string of the molecule is Cc1cc(NCCN(C)C)c2cccc(O)c2n1. The Balaban J connectivity index is 2.34. The molecule has 0 atom stereocenters. The molecule has 0 aliphatic rings. The Bertz CT molecular complexity index is 552. The van der Waals surface area contributed by atoms with Crippen molar-refractivity contribution in [1.29, 1.82) is 0 Å². The van der Waals surface area contributed by atoms with E-state index >= 15 is 0 Å². The summed E-state index contributed by atoms with van der Waals surface area (Å²) in [6, 6.07) is 7.49. The zero-order valence-corrected chi connectivity index (χ0v) is 11.1. The molecule has 18 heavy (non-hydrogen) atoms. The van der Waals surface area contributed by atoms with Gasteiger partial charge in [0, 0.05) is 29.9 Å². The predicted octanol–water partition coefficient (Wildman–Crippen LogP) is 2.22. The molecule has 0 saturated heterocycles. The van der Waals surface area contributed by atoms with Crippen LogP contribution in [0.15, 0.2) is 24.3 Å². The number of rotatable bonds is 4. The maximum atomic E-state index is 9.84. The molecule has 2 N–H and O–H groups in total. The molecule has 2 rings (SSSR count). The van der Waals surface area contributed by atoms with Crippen LogP contribution in [0, 0.1) is 6.92 Å². The smallest absolute Gasteiger partial charge is 0.141 e. The van der Waals surface area contributed by atoms with Crippen molar-refractivity contribution in [3.8, 4) is 5.75 Å². The molecule has 4 heteroatoms. The molecule has 0 spiro atoms. The van der Waals surface area contributed by atoms with E-state index in [4.69, 9.17) is 0 Å². The first kappa shape index (κ1) is 12.6. The first-order valence-corrected chi connectivity index (χ1v) is 6.06. The molecule has 1 aromatic heterocycles. The number of phenols is 1. The van der Waals surface area contributed by atoms with Crippen molar-refractivity contribution in [2.45, 2.75) is 6.92 Å². The van der Waals surface area contributed by atoms with Crippen LogP contribution in [0.5, 0.6) is 5.75 Å². The summed E-state index contributed by atoms with van der Waals surface area (Å²) in [6.07, 6.45) is 0. The number of fused-ring (bicyclic) bond motifs is 1. The van der Waals surface area contributed by atoms with Gasteiger partial charge in [0.1, 0.15) is 11.3 Å². The third-order valence-corrected chi connectivity index (χ3v) is 2.82. The third kappa shape index (κ3) is 2.71. The number of phenolic OH excluding ortho intramolecular Hbond substituents is 1. The minimum Gasteiger partial charge on any atom is -0.506 e. The minimum atomic E-state index is 0.229. The third-order valence-electron chi connectivity index (χ3n) is 2.82. The number of anilines is 1. The van der Waals surface area contributed by atoms with Gasteiger partial charge in [-0.2, -0.15) is 0 Å². The van der Waals surface area contributed by atoms with Crippen molar-refractivity contribution >= 4 is 16.6 Å². The van der Waals surface area contributed by atoms with E-state index in [1.165, 1.54) is 0 Å². The van der Waals surface area contributed by atoms with Gasteiger partial charge < -0.3 is 15.3 Å². The fraction of sp³-hybridized carbons (Fsp3) is 0.357. The van der Waals surface area contributed by atoms with Crippen LogP contribution in [0.4, 0.5) is 5.69 Å². The van der Waals surface area contributed by atoms with Gasteiger partial charge in [0.05, 0.1) is 0 Å². The highest BCUT2D eigenvalue weighted by atomic mass is 16.3. The second-order valence-electron chi connectivity index (χ2n) is 4.71. The Morgan fingerprint density at radius 3 is 2.83 bits per heavy atom. The van der Waals surface area contributed by atoms with E-state index in [0.717, 1.165) is 29.9 Å². The van der Waals surface area contributed by atoms with E-state index < -0.39 is 0 Å². The van der Waals surface area contributed by atoms with E-state index in [9.17, 15) is 5.11 Å². The van der Waals surface area contributed by atoms with Gasteiger partial charge in [0.15, 0.2) is 0 Å². The van der Waals surface area contributed by atoms with Gasteiger partial charge in [-0.1, -0.05) is 12.1 Å². The number of nitrogens with zero attached hydrogens (tertiary/aromatic N) is 2. The molecule has 0 bridgehead atoms. The van der Waals surface area contributed by atoms with Crippen molar-refractivity contribution < 1.29 is 5.11 Å². The summed E-state index contributed by atoms with van der Waals surface area (Å²) in [5, 5.41) is 14.2. The summed E-state index contributed by atoms with van der Waals surface area (Å²) < 4.78 is 0. The maximum Gasteiger partial charge on any atom is 0.141 e. The first-order valence-electron chi connectivity index (χ1n) is 6.06. The van der Waals surface area contributed by atoms with Crippen LogP contribution in [0.25, 0.3) is 10.9 Å². The molecule has 0 unspecified atom stereocenters. The van der Waals surface area contributed by atoms with Crippen LogP contribution in [0.1, 0.15) is 5.69 Å². The second-order valence-corrected chi connectivity index (χ2v) is 4.71. The number of likely N-dealkylation sites (N-methyl/N-ethyl adjacent to an activating group) is 1. The molecule has 0 aliphatic carbocycles. The van der Waals surface area contributed by atoms with Crippen LogP contribution >= 0.6 is 0 Å². The highest BCUT2D eigenvalue weighted by molar-refractivity contribution is 5.94. The van der Waals surface area contributed by atoms with Crippen LogP contribution in [0.3, 0.4) is 0 Å². The molecular formula is C14H19N3O. The van der Waals surface area contributed by atoms with Crippen LogP contribution < -0.4 is 5.32 Å². The molecule has 0 fully saturated rings. The highest BCUT2D eigenvalue weighted by Crippen LogP contribution is 2.28. The predicted molar refractivity (Wildman–Crippen MR) is 75.2 cm³/mol. The van der Waals surface area contributed by atoms with E-state index in [-0.39, 0.29) is 5.75 Å². The molecule has 96 valence electrons. The average Bonchev–Trinajstić information content (AvgIpc) is 2.30. The Kier molecular flexibility index (Phi) is 3.67. The molecular weight excluding hydrogens is 226 g/mol.